The Hall–Kier alpha value is -3.73. The number of fused-ring (bicyclic) bond motifs is 1. The molecule has 0 unspecified atom stereocenters. The second-order valence-electron chi connectivity index (χ2n) is 7.46. The maximum atomic E-state index is 12.6. The molecule has 0 aliphatic carbocycles. The second-order valence-corrected chi connectivity index (χ2v) is 7.46. The number of nitrogens with zero attached hydrogens (tertiary/aromatic N) is 3. The lowest BCUT2D eigenvalue weighted by molar-refractivity contribution is 0.102. The number of hydrogen-bond donors (Lipinski definition) is 1. The van der Waals surface area contributed by atoms with E-state index in [1.165, 1.54) is 0 Å². The van der Waals surface area contributed by atoms with Crippen molar-refractivity contribution in [2.24, 2.45) is 0 Å². The molecule has 0 fully saturated rings. The van der Waals surface area contributed by atoms with Crippen molar-refractivity contribution in [2.45, 2.75) is 13.3 Å². The minimum atomic E-state index is -0.123. The molecule has 0 saturated carbocycles. The van der Waals surface area contributed by atoms with Gasteiger partial charge in [-0.3, -0.25) is 4.79 Å². The van der Waals surface area contributed by atoms with Crippen LogP contribution in [0.4, 0.5) is 11.5 Å². The monoisotopic (exact) mass is 395 g/mol. The highest BCUT2D eigenvalue weighted by atomic mass is 16.1. The molecule has 30 heavy (non-hydrogen) atoms. The molecule has 3 aromatic carbocycles. The Bertz CT molecular complexity index is 1200. The fourth-order valence-corrected chi connectivity index (χ4v) is 3.27. The van der Waals surface area contributed by atoms with Crippen LogP contribution in [0.5, 0.6) is 0 Å². The van der Waals surface area contributed by atoms with Gasteiger partial charge in [-0.2, -0.15) is 0 Å². The first kappa shape index (κ1) is 19.6. The fourth-order valence-electron chi connectivity index (χ4n) is 3.27. The molecule has 0 aliphatic rings. The zero-order chi connectivity index (χ0) is 21.1. The molecule has 0 atom stereocenters. The third-order valence-electron chi connectivity index (χ3n) is 4.83. The van der Waals surface area contributed by atoms with E-state index in [4.69, 9.17) is 0 Å². The Kier molecular flexibility index (Phi) is 5.44. The van der Waals surface area contributed by atoms with Crippen molar-refractivity contribution in [2.75, 3.05) is 24.3 Å². The van der Waals surface area contributed by atoms with Crippen LogP contribution < -0.4 is 10.2 Å². The minimum Gasteiger partial charge on any atom is -0.362 e. The van der Waals surface area contributed by atoms with Crippen LogP contribution in [-0.4, -0.2) is 30.0 Å². The molecule has 5 heteroatoms. The highest BCUT2D eigenvalue weighted by molar-refractivity contribution is 6.06. The molecule has 1 heterocycles. The molecule has 5 nitrogen and oxygen atoms in total. The van der Waals surface area contributed by atoms with E-state index in [9.17, 15) is 4.79 Å². The van der Waals surface area contributed by atoms with Crippen LogP contribution in [0.15, 0.2) is 66.7 Å². The number of anilines is 2. The maximum absolute atomic E-state index is 12.6. The molecule has 1 radical (unpaired) electrons. The Morgan fingerprint density at radius 1 is 0.967 bits per heavy atom. The molecular weight excluding hydrogens is 372 g/mol. The van der Waals surface area contributed by atoms with E-state index in [1.807, 2.05) is 92.6 Å². The Labute approximate surface area is 176 Å². The van der Waals surface area contributed by atoms with Crippen molar-refractivity contribution >= 4 is 28.2 Å². The molecule has 1 aromatic heterocycles. The number of aryl methyl sites for hydroxylation is 1. The zero-order valence-corrected chi connectivity index (χ0v) is 17.3. The van der Waals surface area contributed by atoms with E-state index >= 15 is 0 Å². The summed E-state index contributed by atoms with van der Waals surface area (Å²) in [6.07, 6.45) is 0.620. The van der Waals surface area contributed by atoms with Gasteiger partial charge in [-0.1, -0.05) is 42.5 Å². The van der Waals surface area contributed by atoms with Crippen LogP contribution >= 0.6 is 0 Å². The smallest absolute Gasteiger partial charge is 0.255 e. The van der Waals surface area contributed by atoms with Crippen LogP contribution in [-0.2, 0) is 6.42 Å². The average Bonchev–Trinajstić information content (AvgIpc) is 2.74. The number of rotatable bonds is 5. The average molecular weight is 395 g/mol. The van der Waals surface area contributed by atoms with Crippen molar-refractivity contribution in [3.8, 4) is 0 Å². The van der Waals surface area contributed by atoms with Crippen molar-refractivity contribution < 1.29 is 4.79 Å². The largest absolute Gasteiger partial charge is 0.362 e. The molecule has 0 saturated heterocycles. The predicted molar refractivity (Wildman–Crippen MR) is 121 cm³/mol. The number of aromatic nitrogens is 2. The normalized spacial score (nSPS) is 10.8. The van der Waals surface area contributed by atoms with E-state index in [1.54, 1.807) is 0 Å². The maximum Gasteiger partial charge on any atom is 0.255 e. The third-order valence-corrected chi connectivity index (χ3v) is 4.83. The summed E-state index contributed by atoms with van der Waals surface area (Å²) in [5.74, 6) is 1.40. The minimum absolute atomic E-state index is 0.123. The van der Waals surface area contributed by atoms with Gasteiger partial charge in [0, 0.05) is 31.8 Å². The third kappa shape index (κ3) is 4.46. The summed E-state index contributed by atoms with van der Waals surface area (Å²) in [6, 6.07) is 24.7. The van der Waals surface area contributed by atoms with Crippen LogP contribution in [0.1, 0.15) is 27.4 Å². The SMILES string of the molecule is Cc1[c]c(N(C)C)nc(Cc2ccc(NC(=O)c3ccc4ccccc4c3)cc2)n1. The fraction of sp³-hybridized carbons (Fsp3) is 0.160. The van der Waals surface area contributed by atoms with Crippen molar-refractivity contribution in [3.63, 3.8) is 0 Å². The Balaban J connectivity index is 1.46. The first-order valence-corrected chi connectivity index (χ1v) is 9.81. The topological polar surface area (TPSA) is 58.1 Å². The van der Waals surface area contributed by atoms with Crippen LogP contribution in [0.3, 0.4) is 0 Å². The van der Waals surface area contributed by atoms with E-state index in [-0.39, 0.29) is 5.91 Å². The summed E-state index contributed by atoms with van der Waals surface area (Å²) in [5.41, 5.74) is 3.29. The van der Waals surface area contributed by atoms with Gasteiger partial charge in [0.05, 0.1) is 11.8 Å². The summed E-state index contributed by atoms with van der Waals surface area (Å²) in [5, 5.41) is 5.13. The molecule has 149 valence electrons. The van der Waals surface area contributed by atoms with Gasteiger partial charge >= 0.3 is 0 Å². The second kappa shape index (κ2) is 8.33. The predicted octanol–water partition coefficient (Wildman–Crippen LogP) is 4.65. The van der Waals surface area contributed by atoms with Gasteiger partial charge in [0.15, 0.2) is 0 Å². The number of benzene rings is 3. The van der Waals surface area contributed by atoms with Crippen molar-refractivity contribution in [3.05, 3.63) is 95.4 Å². The Morgan fingerprint density at radius 2 is 1.70 bits per heavy atom. The van der Waals surface area contributed by atoms with Gasteiger partial charge in [-0.15, -0.1) is 0 Å². The molecule has 1 amide bonds. The number of amides is 1. The number of carbonyl (C=O) groups is 1. The summed E-state index contributed by atoms with van der Waals surface area (Å²) in [7, 11) is 3.88. The van der Waals surface area contributed by atoms with Gasteiger partial charge in [0.25, 0.3) is 5.91 Å². The van der Waals surface area contributed by atoms with Crippen LogP contribution in [0, 0.1) is 13.0 Å². The van der Waals surface area contributed by atoms with Crippen LogP contribution in [0.25, 0.3) is 10.8 Å². The van der Waals surface area contributed by atoms with Gasteiger partial charge in [0.1, 0.15) is 11.6 Å². The molecule has 0 aliphatic heterocycles. The number of carbonyl (C=O) groups excluding carboxylic acids is 1. The summed E-state index contributed by atoms with van der Waals surface area (Å²) >= 11 is 0. The van der Waals surface area contributed by atoms with E-state index < -0.39 is 0 Å². The highest BCUT2D eigenvalue weighted by Gasteiger charge is 2.09. The molecular formula is C25H23N4O. The van der Waals surface area contributed by atoms with Crippen molar-refractivity contribution in [1.29, 1.82) is 0 Å². The van der Waals surface area contributed by atoms with Crippen molar-refractivity contribution in [1.82, 2.24) is 9.97 Å². The highest BCUT2D eigenvalue weighted by Crippen LogP contribution is 2.18. The lowest BCUT2D eigenvalue weighted by Gasteiger charge is -2.13. The first-order valence-electron chi connectivity index (χ1n) is 9.81. The Morgan fingerprint density at radius 3 is 2.43 bits per heavy atom. The number of nitrogens with one attached hydrogen (secondary N) is 1. The summed E-state index contributed by atoms with van der Waals surface area (Å²) < 4.78 is 0. The number of hydrogen-bond acceptors (Lipinski definition) is 4. The quantitative estimate of drug-likeness (QED) is 0.534. The van der Waals surface area contributed by atoms with Gasteiger partial charge in [0.2, 0.25) is 0 Å². The van der Waals surface area contributed by atoms with Crippen LogP contribution in [0.2, 0.25) is 0 Å². The summed E-state index contributed by atoms with van der Waals surface area (Å²) in [6.45, 7) is 1.92. The van der Waals surface area contributed by atoms with Gasteiger partial charge < -0.3 is 10.2 Å². The molecule has 1 N–H and O–H groups in total. The van der Waals surface area contributed by atoms with Gasteiger partial charge in [-0.05, 0) is 47.5 Å². The van der Waals surface area contributed by atoms with E-state index in [2.05, 4.69) is 21.4 Å². The lowest BCUT2D eigenvalue weighted by atomic mass is 10.1. The summed E-state index contributed by atoms with van der Waals surface area (Å²) in [4.78, 5) is 23.6. The van der Waals surface area contributed by atoms with Gasteiger partial charge in [-0.25, -0.2) is 9.97 Å². The standard InChI is InChI=1S/C25H23N4O/c1-17-14-24(29(2)3)28-23(26-17)15-18-8-12-22(13-9-18)27-25(30)21-11-10-19-6-4-5-7-20(19)16-21/h4-13,16H,15H2,1-3H3,(H,27,30). The molecule has 4 rings (SSSR count). The van der Waals surface area contributed by atoms with E-state index in [0.29, 0.717) is 12.0 Å². The molecule has 0 spiro atoms. The first-order chi connectivity index (χ1) is 14.5. The zero-order valence-electron chi connectivity index (χ0n) is 17.3. The lowest BCUT2D eigenvalue weighted by Crippen LogP contribution is -2.13. The van der Waals surface area contributed by atoms with E-state index in [0.717, 1.165) is 39.4 Å². The molecule has 4 aromatic rings. The molecule has 0 bridgehead atoms.